The number of rotatable bonds is 4. The molecular formula is C14H10Cl2FNO2. The lowest BCUT2D eigenvalue weighted by atomic mass is 10.1. The maximum atomic E-state index is 12.9. The van der Waals surface area contributed by atoms with Crippen LogP contribution in [0.5, 0.6) is 5.75 Å². The molecule has 0 unspecified atom stereocenters. The predicted molar refractivity (Wildman–Crippen MR) is 75.4 cm³/mol. The zero-order chi connectivity index (χ0) is 14.7. The van der Waals surface area contributed by atoms with Crippen molar-refractivity contribution < 1.29 is 13.9 Å². The van der Waals surface area contributed by atoms with Crippen LogP contribution >= 0.6 is 23.2 Å². The van der Waals surface area contributed by atoms with Crippen LogP contribution in [0.1, 0.15) is 11.7 Å². The van der Waals surface area contributed by atoms with Crippen LogP contribution in [-0.2, 0) is 4.79 Å². The summed E-state index contributed by atoms with van der Waals surface area (Å²) in [7, 11) is 0. The SMILES string of the molecule is NC(=O)[C@@H](Oc1cc(Cl)ccc1Cl)c1ccc(F)cc1. The molecule has 0 aliphatic rings. The third-order valence-electron chi connectivity index (χ3n) is 2.57. The summed E-state index contributed by atoms with van der Waals surface area (Å²) < 4.78 is 18.4. The Morgan fingerprint density at radius 3 is 2.40 bits per heavy atom. The minimum atomic E-state index is -1.08. The first-order valence-electron chi connectivity index (χ1n) is 5.64. The number of benzene rings is 2. The van der Waals surface area contributed by atoms with E-state index in [0.29, 0.717) is 15.6 Å². The van der Waals surface area contributed by atoms with Crippen molar-refractivity contribution in [3.05, 3.63) is 63.9 Å². The van der Waals surface area contributed by atoms with Gasteiger partial charge in [0.15, 0.2) is 0 Å². The number of halogens is 3. The summed E-state index contributed by atoms with van der Waals surface area (Å²) in [5, 5.41) is 0.703. The van der Waals surface area contributed by atoms with Gasteiger partial charge in [-0.25, -0.2) is 4.39 Å². The van der Waals surface area contributed by atoms with Gasteiger partial charge in [-0.05, 0) is 24.3 Å². The second-order valence-corrected chi connectivity index (χ2v) is 4.87. The van der Waals surface area contributed by atoms with Crippen molar-refractivity contribution in [3.8, 4) is 5.75 Å². The topological polar surface area (TPSA) is 52.3 Å². The van der Waals surface area contributed by atoms with Crippen molar-refractivity contribution in [3.63, 3.8) is 0 Å². The van der Waals surface area contributed by atoms with Gasteiger partial charge in [-0.2, -0.15) is 0 Å². The van der Waals surface area contributed by atoms with E-state index in [2.05, 4.69) is 0 Å². The summed E-state index contributed by atoms with van der Waals surface area (Å²) in [4.78, 5) is 11.5. The Hall–Kier alpha value is -1.78. The highest BCUT2D eigenvalue weighted by Crippen LogP contribution is 2.31. The molecule has 0 aromatic heterocycles. The Labute approximate surface area is 125 Å². The van der Waals surface area contributed by atoms with Crippen LogP contribution in [0, 0.1) is 5.82 Å². The summed E-state index contributed by atoms with van der Waals surface area (Å²) in [5.41, 5.74) is 5.73. The highest BCUT2D eigenvalue weighted by atomic mass is 35.5. The molecule has 0 saturated carbocycles. The third kappa shape index (κ3) is 3.40. The molecule has 2 rings (SSSR count). The molecule has 20 heavy (non-hydrogen) atoms. The first-order chi connectivity index (χ1) is 9.47. The largest absolute Gasteiger partial charge is 0.474 e. The number of amides is 1. The fourth-order valence-corrected chi connectivity index (χ4v) is 1.95. The maximum Gasteiger partial charge on any atom is 0.263 e. The fraction of sp³-hybridized carbons (Fsp3) is 0.0714. The zero-order valence-corrected chi connectivity index (χ0v) is 11.7. The van der Waals surface area contributed by atoms with Crippen molar-refractivity contribution in [2.75, 3.05) is 0 Å². The van der Waals surface area contributed by atoms with Crippen LogP contribution in [0.15, 0.2) is 42.5 Å². The monoisotopic (exact) mass is 313 g/mol. The number of nitrogens with two attached hydrogens (primary N) is 1. The summed E-state index contributed by atoms with van der Waals surface area (Å²) in [6.45, 7) is 0. The standard InChI is InChI=1S/C14H10Cl2FNO2/c15-9-3-6-11(16)12(7-9)20-13(14(18)19)8-1-4-10(17)5-2-8/h1-7,13H,(H2,18,19)/t13-/m0/s1. The van der Waals surface area contributed by atoms with E-state index in [1.165, 1.54) is 30.3 Å². The van der Waals surface area contributed by atoms with Gasteiger partial charge in [0.2, 0.25) is 6.10 Å². The van der Waals surface area contributed by atoms with Crippen molar-refractivity contribution in [1.29, 1.82) is 0 Å². The van der Waals surface area contributed by atoms with Crippen LogP contribution in [0.2, 0.25) is 10.0 Å². The second-order valence-electron chi connectivity index (χ2n) is 4.03. The van der Waals surface area contributed by atoms with Crippen molar-refractivity contribution in [2.45, 2.75) is 6.10 Å². The maximum absolute atomic E-state index is 12.9. The Morgan fingerprint density at radius 2 is 1.80 bits per heavy atom. The van der Waals surface area contributed by atoms with Gasteiger partial charge in [-0.1, -0.05) is 35.3 Å². The van der Waals surface area contributed by atoms with Crippen LogP contribution in [0.25, 0.3) is 0 Å². The van der Waals surface area contributed by atoms with E-state index in [4.69, 9.17) is 33.7 Å². The highest BCUT2D eigenvalue weighted by molar-refractivity contribution is 6.34. The van der Waals surface area contributed by atoms with E-state index in [1.807, 2.05) is 0 Å². The highest BCUT2D eigenvalue weighted by Gasteiger charge is 2.21. The molecule has 0 heterocycles. The normalized spacial score (nSPS) is 11.9. The van der Waals surface area contributed by atoms with E-state index in [1.54, 1.807) is 12.1 Å². The van der Waals surface area contributed by atoms with Gasteiger partial charge in [0.1, 0.15) is 11.6 Å². The Balaban J connectivity index is 2.32. The summed E-state index contributed by atoms with van der Waals surface area (Å²) in [6, 6.07) is 9.88. The molecule has 0 fully saturated rings. The van der Waals surface area contributed by atoms with Crippen molar-refractivity contribution in [2.24, 2.45) is 5.73 Å². The number of hydrogen-bond acceptors (Lipinski definition) is 2. The molecule has 2 aromatic rings. The lowest BCUT2D eigenvalue weighted by Crippen LogP contribution is -2.26. The average molecular weight is 314 g/mol. The van der Waals surface area contributed by atoms with Crippen LogP contribution in [0.3, 0.4) is 0 Å². The number of primary amides is 1. The number of hydrogen-bond donors (Lipinski definition) is 1. The Bertz CT molecular complexity index is 632. The molecule has 3 nitrogen and oxygen atoms in total. The molecule has 0 saturated heterocycles. The van der Waals surface area contributed by atoms with Crippen LogP contribution < -0.4 is 10.5 Å². The lowest BCUT2D eigenvalue weighted by molar-refractivity contribution is -0.125. The second kappa shape index (κ2) is 6.11. The van der Waals surface area contributed by atoms with Gasteiger partial charge in [-0.15, -0.1) is 0 Å². The first-order valence-corrected chi connectivity index (χ1v) is 6.39. The molecular weight excluding hydrogens is 304 g/mol. The fourth-order valence-electron chi connectivity index (χ4n) is 1.62. The van der Waals surface area contributed by atoms with Crippen molar-refractivity contribution in [1.82, 2.24) is 0 Å². The molecule has 6 heteroatoms. The first kappa shape index (κ1) is 14.6. The zero-order valence-electron chi connectivity index (χ0n) is 10.1. The average Bonchev–Trinajstić information content (AvgIpc) is 2.40. The molecule has 1 amide bonds. The Morgan fingerprint density at radius 1 is 1.15 bits per heavy atom. The smallest absolute Gasteiger partial charge is 0.263 e. The number of carbonyl (C=O) groups excluding carboxylic acids is 1. The molecule has 0 bridgehead atoms. The van der Waals surface area contributed by atoms with Crippen LogP contribution in [0.4, 0.5) is 4.39 Å². The van der Waals surface area contributed by atoms with E-state index in [9.17, 15) is 9.18 Å². The molecule has 2 N–H and O–H groups in total. The van der Waals surface area contributed by atoms with Gasteiger partial charge < -0.3 is 10.5 Å². The van der Waals surface area contributed by atoms with Gasteiger partial charge in [0, 0.05) is 16.7 Å². The predicted octanol–water partition coefficient (Wildman–Crippen LogP) is 3.74. The summed E-state index contributed by atoms with van der Waals surface area (Å²) in [5.74, 6) is -0.905. The molecule has 2 aromatic carbocycles. The van der Waals surface area contributed by atoms with Gasteiger partial charge in [0.05, 0.1) is 5.02 Å². The van der Waals surface area contributed by atoms with Crippen molar-refractivity contribution >= 4 is 29.1 Å². The van der Waals surface area contributed by atoms with E-state index >= 15 is 0 Å². The number of carbonyl (C=O) groups is 1. The summed E-state index contributed by atoms with van der Waals surface area (Å²) >= 11 is 11.8. The molecule has 0 aliphatic carbocycles. The molecule has 104 valence electrons. The summed E-state index contributed by atoms with van der Waals surface area (Å²) in [6.07, 6.45) is -1.08. The molecule has 0 aliphatic heterocycles. The van der Waals surface area contributed by atoms with Gasteiger partial charge >= 0.3 is 0 Å². The van der Waals surface area contributed by atoms with Gasteiger partial charge in [-0.3, -0.25) is 4.79 Å². The lowest BCUT2D eigenvalue weighted by Gasteiger charge is -2.17. The Kier molecular flexibility index (Phi) is 4.47. The molecule has 0 spiro atoms. The van der Waals surface area contributed by atoms with Crippen LogP contribution in [-0.4, -0.2) is 5.91 Å². The third-order valence-corrected chi connectivity index (χ3v) is 3.12. The van der Waals surface area contributed by atoms with E-state index in [-0.39, 0.29) is 5.75 Å². The van der Waals surface area contributed by atoms with E-state index in [0.717, 1.165) is 0 Å². The van der Waals surface area contributed by atoms with E-state index < -0.39 is 17.8 Å². The minimum absolute atomic E-state index is 0.229. The molecule has 0 radical (unpaired) electrons. The quantitative estimate of drug-likeness (QED) is 0.934. The molecule has 1 atom stereocenters. The van der Waals surface area contributed by atoms with Gasteiger partial charge in [0.25, 0.3) is 5.91 Å². The minimum Gasteiger partial charge on any atom is -0.474 e. The number of ether oxygens (including phenoxy) is 1.